The summed E-state index contributed by atoms with van der Waals surface area (Å²) in [6.45, 7) is 4.22. The summed E-state index contributed by atoms with van der Waals surface area (Å²) in [7, 11) is 1.58. The normalized spacial score (nSPS) is 12.3. The molecule has 0 heterocycles. The Kier molecular flexibility index (Phi) is 5.59. The molecule has 0 radical (unpaired) electrons. The van der Waals surface area contributed by atoms with Crippen molar-refractivity contribution in [1.29, 1.82) is 0 Å². The third-order valence-corrected chi connectivity index (χ3v) is 4.95. The lowest BCUT2D eigenvalue weighted by molar-refractivity contribution is 0.415. The largest absolute Gasteiger partial charge is 0.495 e. The van der Waals surface area contributed by atoms with Crippen molar-refractivity contribution in [1.82, 2.24) is 0 Å². The molecule has 1 atom stereocenters. The van der Waals surface area contributed by atoms with Gasteiger partial charge in [-0.2, -0.15) is 0 Å². The van der Waals surface area contributed by atoms with Gasteiger partial charge in [-0.05, 0) is 43.0 Å². The molecule has 0 N–H and O–H groups in total. The van der Waals surface area contributed by atoms with E-state index in [1.165, 1.54) is 16.7 Å². The predicted molar refractivity (Wildman–Crippen MR) is 94.3 cm³/mol. The second-order valence-corrected chi connectivity index (χ2v) is 7.03. The van der Waals surface area contributed by atoms with Crippen LogP contribution in [0.25, 0.3) is 0 Å². The van der Waals surface area contributed by atoms with E-state index in [0.717, 1.165) is 12.0 Å². The predicted octanol–water partition coefficient (Wildman–Crippen LogP) is 6.30. The molecule has 0 aliphatic rings. The molecule has 2 rings (SSSR count). The van der Waals surface area contributed by atoms with E-state index in [4.69, 9.17) is 27.9 Å². The molecule has 2 aromatic rings. The quantitative estimate of drug-likeness (QED) is 0.559. The van der Waals surface area contributed by atoms with Crippen LogP contribution in [-0.4, -0.2) is 7.11 Å². The molecule has 112 valence electrons. The van der Waals surface area contributed by atoms with Crippen LogP contribution in [0.2, 0.25) is 10.0 Å². The van der Waals surface area contributed by atoms with E-state index in [-0.39, 0.29) is 4.83 Å². The van der Waals surface area contributed by atoms with Crippen LogP contribution in [0, 0.1) is 13.8 Å². The Balaban J connectivity index is 2.30. The van der Waals surface area contributed by atoms with Crippen molar-refractivity contribution in [2.45, 2.75) is 25.1 Å². The second kappa shape index (κ2) is 7.04. The number of benzene rings is 2. The van der Waals surface area contributed by atoms with Crippen LogP contribution in [0.5, 0.6) is 5.75 Å². The highest BCUT2D eigenvalue weighted by atomic mass is 79.9. The van der Waals surface area contributed by atoms with Crippen LogP contribution in [0.1, 0.15) is 27.1 Å². The van der Waals surface area contributed by atoms with Crippen LogP contribution in [0.4, 0.5) is 0 Å². The number of ether oxygens (including phenoxy) is 1. The van der Waals surface area contributed by atoms with Crippen molar-refractivity contribution < 1.29 is 4.74 Å². The monoisotopic (exact) mass is 386 g/mol. The van der Waals surface area contributed by atoms with Crippen molar-refractivity contribution in [3.05, 3.63) is 62.6 Å². The minimum absolute atomic E-state index is 0.105. The van der Waals surface area contributed by atoms with Crippen molar-refractivity contribution in [2.75, 3.05) is 7.11 Å². The number of alkyl halides is 1. The summed E-state index contributed by atoms with van der Waals surface area (Å²) in [5.74, 6) is 0.594. The summed E-state index contributed by atoms with van der Waals surface area (Å²) < 4.78 is 5.18. The fourth-order valence-electron chi connectivity index (χ4n) is 2.26. The summed E-state index contributed by atoms with van der Waals surface area (Å²) in [5, 5.41) is 1.23. The van der Waals surface area contributed by atoms with Crippen LogP contribution >= 0.6 is 39.1 Å². The summed E-state index contributed by atoms with van der Waals surface area (Å²) in [4.78, 5) is 0.105. The van der Waals surface area contributed by atoms with E-state index < -0.39 is 0 Å². The highest BCUT2D eigenvalue weighted by Gasteiger charge is 2.16. The highest BCUT2D eigenvalue weighted by Crippen LogP contribution is 2.38. The number of aryl methyl sites for hydroxylation is 2. The first-order valence-electron chi connectivity index (χ1n) is 6.65. The summed E-state index contributed by atoms with van der Waals surface area (Å²) in [6.07, 6.45) is 0.857. The van der Waals surface area contributed by atoms with Gasteiger partial charge in [-0.3, -0.25) is 0 Å². The number of hydrogen-bond acceptors (Lipinski definition) is 1. The van der Waals surface area contributed by atoms with E-state index in [9.17, 15) is 0 Å². The lowest BCUT2D eigenvalue weighted by Gasteiger charge is -2.16. The second-order valence-electron chi connectivity index (χ2n) is 5.11. The SMILES string of the molecule is COc1cc(Cl)c(C(Br)Cc2cc(C)ccc2C)cc1Cl. The lowest BCUT2D eigenvalue weighted by Crippen LogP contribution is -2.00. The smallest absolute Gasteiger partial charge is 0.138 e. The van der Waals surface area contributed by atoms with Crippen molar-refractivity contribution >= 4 is 39.1 Å². The molecule has 0 saturated carbocycles. The average Bonchev–Trinajstić information content (AvgIpc) is 2.44. The van der Waals surface area contributed by atoms with Crippen molar-refractivity contribution in [3.8, 4) is 5.75 Å². The first kappa shape index (κ1) is 16.7. The zero-order valence-corrected chi connectivity index (χ0v) is 15.3. The third-order valence-electron chi connectivity index (χ3n) is 3.51. The fourth-order valence-corrected chi connectivity index (χ4v) is 3.66. The minimum atomic E-state index is 0.105. The third kappa shape index (κ3) is 3.94. The Morgan fingerprint density at radius 2 is 1.81 bits per heavy atom. The summed E-state index contributed by atoms with van der Waals surface area (Å²) in [5.41, 5.74) is 4.82. The van der Waals surface area contributed by atoms with Crippen molar-refractivity contribution in [3.63, 3.8) is 0 Å². The Morgan fingerprint density at radius 3 is 2.48 bits per heavy atom. The van der Waals surface area contributed by atoms with Gasteiger partial charge in [0.15, 0.2) is 0 Å². The zero-order chi connectivity index (χ0) is 15.6. The van der Waals surface area contributed by atoms with Crippen LogP contribution in [0.15, 0.2) is 30.3 Å². The highest BCUT2D eigenvalue weighted by molar-refractivity contribution is 9.09. The Hall–Kier alpha value is -0.700. The fraction of sp³-hybridized carbons (Fsp3) is 0.294. The van der Waals surface area contributed by atoms with Crippen LogP contribution in [-0.2, 0) is 6.42 Å². The minimum Gasteiger partial charge on any atom is -0.495 e. The van der Waals surface area contributed by atoms with E-state index in [1.54, 1.807) is 13.2 Å². The van der Waals surface area contributed by atoms with Gasteiger partial charge in [0.1, 0.15) is 5.75 Å². The molecule has 0 fully saturated rings. The molecule has 0 aliphatic carbocycles. The Bertz CT molecular complexity index is 655. The molecule has 0 aromatic heterocycles. The van der Waals surface area contributed by atoms with Gasteiger partial charge in [0.2, 0.25) is 0 Å². The average molecular weight is 388 g/mol. The standard InChI is InChI=1S/C17H17BrCl2O/c1-10-4-5-11(2)12(6-10)7-14(18)13-8-16(20)17(21-3)9-15(13)19/h4-6,8-9,14H,7H2,1-3H3. The van der Waals surface area contributed by atoms with Gasteiger partial charge in [0.25, 0.3) is 0 Å². The van der Waals surface area contributed by atoms with E-state index in [0.29, 0.717) is 15.8 Å². The molecule has 21 heavy (non-hydrogen) atoms. The summed E-state index contributed by atoms with van der Waals surface area (Å²) in [6, 6.07) is 10.1. The van der Waals surface area contributed by atoms with Gasteiger partial charge in [0.05, 0.1) is 12.1 Å². The van der Waals surface area contributed by atoms with Gasteiger partial charge < -0.3 is 4.74 Å². The molecule has 0 spiro atoms. The Morgan fingerprint density at radius 1 is 1.10 bits per heavy atom. The number of rotatable bonds is 4. The Labute approximate surface area is 144 Å². The molecule has 0 amide bonds. The molecule has 0 aliphatic heterocycles. The lowest BCUT2D eigenvalue weighted by atomic mass is 9.98. The maximum absolute atomic E-state index is 6.34. The molecular formula is C17H17BrCl2O. The van der Waals surface area contributed by atoms with Gasteiger partial charge in [-0.15, -0.1) is 0 Å². The topological polar surface area (TPSA) is 9.23 Å². The maximum atomic E-state index is 6.34. The van der Waals surface area contributed by atoms with Gasteiger partial charge in [-0.1, -0.05) is 62.9 Å². The molecule has 2 aromatic carbocycles. The number of methoxy groups -OCH3 is 1. The first-order valence-corrected chi connectivity index (χ1v) is 8.32. The van der Waals surface area contributed by atoms with E-state index in [1.807, 2.05) is 6.07 Å². The van der Waals surface area contributed by atoms with E-state index in [2.05, 4.69) is 48.0 Å². The van der Waals surface area contributed by atoms with Crippen LogP contribution < -0.4 is 4.74 Å². The zero-order valence-electron chi connectivity index (χ0n) is 12.2. The molecule has 0 saturated heterocycles. The first-order chi connectivity index (χ1) is 9.92. The van der Waals surface area contributed by atoms with Gasteiger partial charge in [-0.25, -0.2) is 0 Å². The molecule has 1 nitrogen and oxygen atoms in total. The van der Waals surface area contributed by atoms with Gasteiger partial charge >= 0.3 is 0 Å². The molecule has 0 bridgehead atoms. The van der Waals surface area contributed by atoms with Crippen molar-refractivity contribution in [2.24, 2.45) is 0 Å². The molecule has 4 heteroatoms. The van der Waals surface area contributed by atoms with Crippen LogP contribution in [0.3, 0.4) is 0 Å². The number of halogens is 3. The van der Waals surface area contributed by atoms with E-state index >= 15 is 0 Å². The van der Waals surface area contributed by atoms with Gasteiger partial charge in [0, 0.05) is 15.9 Å². The molecular weight excluding hydrogens is 371 g/mol. The number of hydrogen-bond donors (Lipinski definition) is 0. The maximum Gasteiger partial charge on any atom is 0.138 e. The summed E-state index contributed by atoms with van der Waals surface area (Å²) >= 11 is 16.3. The molecule has 1 unspecified atom stereocenters.